The van der Waals surface area contributed by atoms with Crippen LogP contribution in [0.3, 0.4) is 0 Å². The van der Waals surface area contributed by atoms with Crippen molar-refractivity contribution in [3.05, 3.63) is 40.5 Å². The molecule has 0 unspecified atom stereocenters. The maximum atomic E-state index is 5.71. The van der Waals surface area contributed by atoms with E-state index in [2.05, 4.69) is 31.2 Å². The Hall–Kier alpha value is -1.46. The van der Waals surface area contributed by atoms with E-state index in [9.17, 15) is 0 Å². The number of nitrogens with one attached hydrogen (secondary N) is 1. The molecule has 0 bridgehead atoms. The van der Waals surface area contributed by atoms with Crippen molar-refractivity contribution < 1.29 is 0 Å². The van der Waals surface area contributed by atoms with Crippen LogP contribution in [0, 0.1) is 0 Å². The predicted molar refractivity (Wildman–Crippen MR) is 79.7 cm³/mol. The van der Waals surface area contributed by atoms with Gasteiger partial charge in [-0.25, -0.2) is 9.97 Å². The molecule has 0 saturated heterocycles. The molecule has 3 rings (SSSR count). The second kappa shape index (κ2) is 5.27. The van der Waals surface area contributed by atoms with E-state index in [4.69, 9.17) is 5.73 Å². The van der Waals surface area contributed by atoms with Gasteiger partial charge in [-0.15, -0.1) is 0 Å². The molecule has 5 heteroatoms. The van der Waals surface area contributed by atoms with Crippen LogP contribution in [-0.4, -0.2) is 16.0 Å². The van der Waals surface area contributed by atoms with Gasteiger partial charge in [0.1, 0.15) is 0 Å². The fourth-order valence-corrected chi connectivity index (χ4v) is 2.11. The van der Waals surface area contributed by atoms with Gasteiger partial charge in [0.25, 0.3) is 0 Å². The van der Waals surface area contributed by atoms with Gasteiger partial charge in [0.05, 0.1) is 11.4 Å². The van der Waals surface area contributed by atoms with E-state index in [0.717, 1.165) is 21.4 Å². The van der Waals surface area contributed by atoms with E-state index < -0.39 is 0 Å². The van der Waals surface area contributed by atoms with Crippen LogP contribution in [0.2, 0.25) is 0 Å². The number of aromatic nitrogens is 2. The Bertz CT molecular complexity index is 578. The molecule has 19 heavy (non-hydrogen) atoms. The maximum Gasteiger partial charge on any atom is 0.223 e. The zero-order valence-electron chi connectivity index (χ0n) is 10.4. The first-order valence-corrected chi connectivity index (χ1v) is 7.14. The average molecular weight is 319 g/mol. The summed E-state index contributed by atoms with van der Waals surface area (Å²) in [5, 5.41) is 3.33. The summed E-state index contributed by atoms with van der Waals surface area (Å²) in [6.45, 7) is 0.422. The molecule has 1 aromatic carbocycles. The Labute approximate surface area is 120 Å². The molecule has 98 valence electrons. The van der Waals surface area contributed by atoms with Crippen LogP contribution in [0.1, 0.15) is 18.5 Å². The van der Waals surface area contributed by atoms with Crippen molar-refractivity contribution in [2.24, 2.45) is 5.73 Å². The second-order valence-electron chi connectivity index (χ2n) is 4.70. The van der Waals surface area contributed by atoms with Crippen molar-refractivity contribution in [2.75, 3.05) is 5.32 Å². The fraction of sp³-hybridized carbons (Fsp3) is 0.286. The molecule has 1 heterocycles. The lowest BCUT2D eigenvalue weighted by Gasteiger charge is -2.08. The van der Waals surface area contributed by atoms with Gasteiger partial charge in [-0.1, -0.05) is 28.1 Å². The topological polar surface area (TPSA) is 63.8 Å². The van der Waals surface area contributed by atoms with Gasteiger partial charge in [0.2, 0.25) is 5.95 Å². The van der Waals surface area contributed by atoms with E-state index in [1.807, 2.05) is 30.3 Å². The number of hydrogen-bond donors (Lipinski definition) is 2. The lowest BCUT2D eigenvalue weighted by Crippen LogP contribution is -2.09. The summed E-state index contributed by atoms with van der Waals surface area (Å²) >= 11 is 3.44. The highest BCUT2D eigenvalue weighted by Gasteiger charge is 2.22. The molecule has 1 aliphatic carbocycles. The first-order valence-electron chi connectivity index (χ1n) is 6.35. The Morgan fingerprint density at radius 3 is 2.58 bits per heavy atom. The van der Waals surface area contributed by atoms with Crippen molar-refractivity contribution in [3.63, 3.8) is 0 Å². The zero-order chi connectivity index (χ0) is 13.2. The molecule has 0 atom stereocenters. The van der Waals surface area contributed by atoms with E-state index in [1.54, 1.807) is 0 Å². The van der Waals surface area contributed by atoms with Crippen LogP contribution in [0.4, 0.5) is 5.95 Å². The molecular formula is C14H15BrN4. The lowest BCUT2D eigenvalue weighted by atomic mass is 10.1. The minimum atomic E-state index is 0.422. The Morgan fingerprint density at radius 2 is 1.95 bits per heavy atom. The molecule has 0 radical (unpaired) electrons. The first kappa shape index (κ1) is 12.6. The van der Waals surface area contributed by atoms with Crippen LogP contribution < -0.4 is 11.1 Å². The summed E-state index contributed by atoms with van der Waals surface area (Å²) in [5.41, 5.74) is 8.55. The highest BCUT2D eigenvalue weighted by molar-refractivity contribution is 9.10. The summed E-state index contributed by atoms with van der Waals surface area (Å²) in [7, 11) is 0. The molecule has 1 saturated carbocycles. The monoisotopic (exact) mass is 318 g/mol. The lowest BCUT2D eigenvalue weighted by molar-refractivity contribution is 0.952. The summed E-state index contributed by atoms with van der Waals surface area (Å²) < 4.78 is 1.06. The van der Waals surface area contributed by atoms with Crippen LogP contribution in [0.15, 0.2) is 34.8 Å². The third-order valence-corrected chi connectivity index (χ3v) is 3.57. The Balaban J connectivity index is 1.96. The van der Waals surface area contributed by atoms with Crippen LogP contribution >= 0.6 is 15.9 Å². The van der Waals surface area contributed by atoms with Gasteiger partial charge in [0, 0.05) is 22.6 Å². The molecule has 0 spiro atoms. The van der Waals surface area contributed by atoms with Gasteiger partial charge >= 0.3 is 0 Å². The maximum absolute atomic E-state index is 5.71. The summed E-state index contributed by atoms with van der Waals surface area (Å²) in [4.78, 5) is 8.99. The third kappa shape index (κ3) is 3.11. The fourth-order valence-electron chi connectivity index (χ4n) is 1.85. The number of anilines is 1. The van der Waals surface area contributed by atoms with Gasteiger partial charge in [-0.3, -0.25) is 0 Å². The quantitative estimate of drug-likeness (QED) is 0.909. The zero-order valence-corrected chi connectivity index (χ0v) is 12.0. The van der Waals surface area contributed by atoms with Gasteiger partial charge < -0.3 is 11.1 Å². The van der Waals surface area contributed by atoms with Crippen LogP contribution in [0.25, 0.3) is 11.3 Å². The van der Waals surface area contributed by atoms with Crippen molar-refractivity contribution in [3.8, 4) is 11.3 Å². The Kier molecular flexibility index (Phi) is 3.48. The number of nitrogens with two attached hydrogens (primary N) is 1. The summed E-state index contributed by atoms with van der Waals surface area (Å²) in [6, 6.07) is 10.6. The first-order chi connectivity index (χ1) is 9.24. The van der Waals surface area contributed by atoms with Crippen LogP contribution in [-0.2, 0) is 6.54 Å². The molecular weight excluding hydrogens is 304 g/mol. The number of benzene rings is 1. The summed E-state index contributed by atoms with van der Waals surface area (Å²) in [5.74, 6) is 0.684. The highest BCUT2D eigenvalue weighted by Crippen LogP contribution is 2.25. The number of hydrogen-bond acceptors (Lipinski definition) is 4. The van der Waals surface area contributed by atoms with Crippen molar-refractivity contribution in [2.45, 2.75) is 25.4 Å². The summed E-state index contributed by atoms with van der Waals surface area (Å²) in [6.07, 6.45) is 2.40. The molecule has 3 N–H and O–H groups in total. The van der Waals surface area contributed by atoms with E-state index in [1.165, 1.54) is 12.8 Å². The normalized spacial score (nSPS) is 14.4. The number of halogens is 1. The van der Waals surface area contributed by atoms with E-state index in [0.29, 0.717) is 18.5 Å². The second-order valence-corrected chi connectivity index (χ2v) is 5.61. The largest absolute Gasteiger partial charge is 0.351 e. The van der Waals surface area contributed by atoms with Gasteiger partial charge in [-0.05, 0) is 31.0 Å². The SMILES string of the molecule is NCc1cc(-c2ccc(Br)cc2)nc(NC2CC2)n1. The molecule has 1 aliphatic rings. The smallest absolute Gasteiger partial charge is 0.223 e. The molecule has 1 aromatic heterocycles. The minimum Gasteiger partial charge on any atom is -0.351 e. The molecule has 0 amide bonds. The van der Waals surface area contributed by atoms with E-state index in [-0.39, 0.29) is 0 Å². The molecule has 4 nitrogen and oxygen atoms in total. The highest BCUT2D eigenvalue weighted by atomic mass is 79.9. The van der Waals surface area contributed by atoms with Crippen LogP contribution in [0.5, 0.6) is 0 Å². The standard InChI is InChI=1S/C14H15BrN4/c15-10-3-1-9(2-4-10)13-7-12(8-16)18-14(19-13)17-11-5-6-11/h1-4,7,11H,5-6,8,16H2,(H,17,18,19). The predicted octanol–water partition coefficient (Wildman–Crippen LogP) is 2.94. The van der Waals surface area contributed by atoms with Gasteiger partial charge in [0.15, 0.2) is 0 Å². The average Bonchev–Trinajstić information content (AvgIpc) is 3.23. The van der Waals surface area contributed by atoms with Gasteiger partial charge in [-0.2, -0.15) is 0 Å². The van der Waals surface area contributed by atoms with E-state index >= 15 is 0 Å². The van der Waals surface area contributed by atoms with Crippen molar-refractivity contribution in [1.29, 1.82) is 0 Å². The molecule has 0 aliphatic heterocycles. The van der Waals surface area contributed by atoms with Crippen molar-refractivity contribution >= 4 is 21.9 Å². The molecule has 1 fully saturated rings. The minimum absolute atomic E-state index is 0.422. The third-order valence-electron chi connectivity index (χ3n) is 3.04. The van der Waals surface area contributed by atoms with Crippen molar-refractivity contribution in [1.82, 2.24) is 9.97 Å². The molecule has 2 aromatic rings. The number of nitrogens with zero attached hydrogens (tertiary/aromatic N) is 2. The number of rotatable bonds is 4. The Morgan fingerprint density at radius 1 is 1.21 bits per heavy atom.